The highest BCUT2D eigenvalue weighted by molar-refractivity contribution is 5.91. The van der Waals surface area contributed by atoms with Crippen LogP contribution in [0.3, 0.4) is 0 Å². The number of hydrogen-bond acceptors (Lipinski definition) is 3. The highest BCUT2D eigenvalue weighted by Crippen LogP contribution is 2.65. The summed E-state index contributed by atoms with van der Waals surface area (Å²) in [6.45, 7) is 6.23. The van der Waals surface area contributed by atoms with Crippen molar-refractivity contribution < 1.29 is 23.1 Å². The third-order valence-electron chi connectivity index (χ3n) is 6.56. The maximum Gasteiger partial charge on any atom is 0.338 e. The second-order valence-electron chi connectivity index (χ2n) is 7.96. The molecule has 2 bridgehead atoms. The molecule has 136 valence electrons. The number of benzene rings is 1. The number of rotatable bonds is 4. The number of carbonyl (C=O) groups excluding carboxylic acids is 2. The third-order valence-corrected chi connectivity index (χ3v) is 6.56. The zero-order valence-electron chi connectivity index (χ0n) is 14.7. The van der Waals surface area contributed by atoms with Gasteiger partial charge in [0, 0.05) is 12.1 Å². The number of nitrogens with one attached hydrogen (secondary N) is 1. The first kappa shape index (κ1) is 17.8. The van der Waals surface area contributed by atoms with E-state index in [4.69, 9.17) is 4.74 Å². The normalized spacial score (nSPS) is 29.5. The van der Waals surface area contributed by atoms with Crippen LogP contribution in [0.1, 0.15) is 50.4 Å². The fourth-order valence-corrected chi connectivity index (χ4v) is 4.54. The van der Waals surface area contributed by atoms with Crippen LogP contribution in [0, 0.1) is 28.4 Å². The van der Waals surface area contributed by atoms with Gasteiger partial charge in [0.1, 0.15) is 11.6 Å². The van der Waals surface area contributed by atoms with Gasteiger partial charge in [0.2, 0.25) is 0 Å². The fraction of sp³-hybridized carbons (Fsp3) is 0.579. The molecular formula is C19H23F2NO3. The van der Waals surface area contributed by atoms with Gasteiger partial charge in [0.15, 0.2) is 6.61 Å². The Balaban J connectivity index is 1.56. The average Bonchev–Trinajstić information content (AvgIpc) is 2.85. The zero-order valence-corrected chi connectivity index (χ0v) is 14.7. The Kier molecular flexibility index (Phi) is 4.33. The quantitative estimate of drug-likeness (QED) is 0.846. The van der Waals surface area contributed by atoms with Crippen LogP contribution in [0.2, 0.25) is 0 Å². The summed E-state index contributed by atoms with van der Waals surface area (Å²) in [5.74, 6) is -2.46. The Hall–Kier alpha value is -1.98. The second kappa shape index (κ2) is 6.07. The molecule has 3 unspecified atom stereocenters. The van der Waals surface area contributed by atoms with Crippen molar-refractivity contribution in [1.29, 1.82) is 0 Å². The van der Waals surface area contributed by atoms with E-state index < -0.39 is 24.2 Å². The number of hydrogen-bond donors (Lipinski definition) is 1. The predicted octanol–water partition coefficient (Wildman–Crippen LogP) is 3.45. The fourth-order valence-electron chi connectivity index (χ4n) is 4.54. The summed E-state index contributed by atoms with van der Waals surface area (Å²) in [4.78, 5) is 24.0. The summed E-state index contributed by atoms with van der Waals surface area (Å²) in [5, 5.41) is 2.97. The highest BCUT2D eigenvalue weighted by atomic mass is 19.1. The number of amides is 1. The van der Waals surface area contributed by atoms with Crippen molar-refractivity contribution in [2.75, 3.05) is 6.61 Å². The standard InChI is InChI=1S/C19H23F2NO3/c1-18(2)12-4-5-19(18,3)15(8-12)22-16(23)10-25-17(24)11-6-13(20)9-14(21)7-11/h6-7,9,12,15H,4-5,8,10H2,1-3H3,(H,22,23). The lowest BCUT2D eigenvalue weighted by Crippen LogP contribution is -2.48. The van der Waals surface area contributed by atoms with E-state index in [2.05, 4.69) is 26.1 Å². The van der Waals surface area contributed by atoms with E-state index in [1.54, 1.807) is 0 Å². The van der Waals surface area contributed by atoms with E-state index in [0.717, 1.165) is 25.0 Å². The second-order valence-corrected chi connectivity index (χ2v) is 7.96. The average molecular weight is 351 g/mol. The molecule has 0 aliphatic heterocycles. The lowest BCUT2D eigenvalue weighted by Gasteiger charge is -2.39. The summed E-state index contributed by atoms with van der Waals surface area (Å²) in [5.41, 5.74) is -0.0534. The van der Waals surface area contributed by atoms with Gasteiger partial charge in [-0.15, -0.1) is 0 Å². The molecule has 1 amide bonds. The number of halogens is 2. The van der Waals surface area contributed by atoms with Gasteiger partial charge in [0.25, 0.3) is 5.91 Å². The maximum absolute atomic E-state index is 13.1. The minimum absolute atomic E-state index is 0.0308. The SMILES string of the molecule is CC1(C)C2CCC1(C)C(NC(=O)COC(=O)c1cc(F)cc(F)c1)C2. The van der Waals surface area contributed by atoms with E-state index in [1.807, 2.05) is 0 Å². The van der Waals surface area contributed by atoms with Gasteiger partial charge in [0.05, 0.1) is 5.56 Å². The smallest absolute Gasteiger partial charge is 0.338 e. The molecule has 2 saturated carbocycles. The third kappa shape index (κ3) is 3.02. The van der Waals surface area contributed by atoms with Gasteiger partial charge in [-0.25, -0.2) is 13.6 Å². The van der Waals surface area contributed by atoms with Crippen molar-refractivity contribution in [2.24, 2.45) is 16.7 Å². The molecular weight excluding hydrogens is 328 g/mol. The lowest BCUT2D eigenvalue weighted by molar-refractivity contribution is -0.126. The molecule has 2 fully saturated rings. The lowest BCUT2D eigenvalue weighted by atomic mass is 9.69. The van der Waals surface area contributed by atoms with Gasteiger partial charge < -0.3 is 10.1 Å². The van der Waals surface area contributed by atoms with E-state index >= 15 is 0 Å². The van der Waals surface area contributed by atoms with Crippen LogP contribution in [-0.2, 0) is 9.53 Å². The molecule has 0 spiro atoms. The molecule has 4 nitrogen and oxygen atoms in total. The summed E-state index contributed by atoms with van der Waals surface area (Å²) < 4.78 is 31.2. The summed E-state index contributed by atoms with van der Waals surface area (Å²) in [6.07, 6.45) is 3.17. The van der Waals surface area contributed by atoms with E-state index in [9.17, 15) is 18.4 Å². The minimum Gasteiger partial charge on any atom is -0.452 e. The predicted molar refractivity (Wildman–Crippen MR) is 87.8 cm³/mol. The molecule has 2 aliphatic carbocycles. The molecule has 3 rings (SSSR count). The highest BCUT2D eigenvalue weighted by Gasteiger charge is 2.61. The Morgan fingerprint density at radius 1 is 1.20 bits per heavy atom. The molecule has 1 N–H and O–H groups in total. The molecule has 2 aliphatic rings. The van der Waals surface area contributed by atoms with Crippen molar-refractivity contribution in [1.82, 2.24) is 5.32 Å². The molecule has 0 heterocycles. The first-order chi connectivity index (χ1) is 11.6. The van der Waals surface area contributed by atoms with E-state index in [-0.39, 0.29) is 28.3 Å². The topological polar surface area (TPSA) is 55.4 Å². The zero-order chi connectivity index (χ0) is 18.4. The molecule has 3 atom stereocenters. The van der Waals surface area contributed by atoms with Crippen LogP contribution in [-0.4, -0.2) is 24.5 Å². The number of ether oxygens (including phenoxy) is 1. The first-order valence-electron chi connectivity index (χ1n) is 8.56. The monoisotopic (exact) mass is 351 g/mol. The van der Waals surface area contributed by atoms with Crippen LogP contribution in [0.5, 0.6) is 0 Å². The van der Waals surface area contributed by atoms with Crippen molar-refractivity contribution in [3.63, 3.8) is 0 Å². The molecule has 0 aromatic heterocycles. The largest absolute Gasteiger partial charge is 0.452 e. The van der Waals surface area contributed by atoms with Gasteiger partial charge in [-0.2, -0.15) is 0 Å². The van der Waals surface area contributed by atoms with Crippen LogP contribution in [0.15, 0.2) is 18.2 Å². The van der Waals surface area contributed by atoms with Crippen LogP contribution < -0.4 is 5.32 Å². The molecule has 1 aromatic rings. The molecule has 0 saturated heterocycles. The Bertz CT molecular complexity index is 698. The number of fused-ring (bicyclic) bond motifs is 2. The van der Waals surface area contributed by atoms with E-state index in [0.29, 0.717) is 12.0 Å². The maximum atomic E-state index is 13.1. The van der Waals surface area contributed by atoms with Gasteiger partial charge >= 0.3 is 5.97 Å². The molecule has 0 radical (unpaired) electrons. The van der Waals surface area contributed by atoms with Crippen LogP contribution in [0.4, 0.5) is 8.78 Å². The molecule has 1 aromatic carbocycles. The Labute approximate surface area is 145 Å². The van der Waals surface area contributed by atoms with Gasteiger partial charge in [-0.3, -0.25) is 4.79 Å². The van der Waals surface area contributed by atoms with Crippen molar-refractivity contribution in [2.45, 2.75) is 46.1 Å². The summed E-state index contributed by atoms with van der Waals surface area (Å²) in [6, 6.07) is 2.48. The minimum atomic E-state index is -0.923. The summed E-state index contributed by atoms with van der Waals surface area (Å²) in [7, 11) is 0. The molecule has 6 heteroatoms. The van der Waals surface area contributed by atoms with Gasteiger partial charge in [-0.1, -0.05) is 20.8 Å². The van der Waals surface area contributed by atoms with E-state index in [1.165, 1.54) is 6.42 Å². The number of esters is 1. The number of carbonyl (C=O) groups is 2. The van der Waals surface area contributed by atoms with Crippen molar-refractivity contribution in [3.8, 4) is 0 Å². The van der Waals surface area contributed by atoms with Crippen molar-refractivity contribution >= 4 is 11.9 Å². The van der Waals surface area contributed by atoms with Crippen molar-refractivity contribution in [3.05, 3.63) is 35.4 Å². The van der Waals surface area contributed by atoms with Crippen LogP contribution in [0.25, 0.3) is 0 Å². The first-order valence-corrected chi connectivity index (χ1v) is 8.56. The van der Waals surface area contributed by atoms with Crippen LogP contribution >= 0.6 is 0 Å². The van der Waals surface area contributed by atoms with Gasteiger partial charge in [-0.05, 0) is 48.1 Å². The Morgan fingerprint density at radius 3 is 2.36 bits per heavy atom. The Morgan fingerprint density at radius 2 is 1.84 bits per heavy atom. The summed E-state index contributed by atoms with van der Waals surface area (Å²) >= 11 is 0. The molecule has 25 heavy (non-hydrogen) atoms.